The van der Waals surface area contributed by atoms with E-state index in [1.807, 2.05) is 86.0 Å². The van der Waals surface area contributed by atoms with Gasteiger partial charge in [-0.25, -0.2) is 42.5 Å². The summed E-state index contributed by atoms with van der Waals surface area (Å²) in [5.41, 5.74) is 11.1. The molecule has 1 fully saturated rings. The number of carbonyl (C=O) groups is 6. The number of aliphatic carboxylic acids is 3. The largest absolute Gasteiger partial charge is 0.481 e. The number of carboxylic acids is 6. The van der Waals surface area contributed by atoms with Gasteiger partial charge in [0.05, 0.1) is 53.0 Å². The fourth-order valence-electron chi connectivity index (χ4n) is 16.0. The molecule has 0 bridgehead atoms. The van der Waals surface area contributed by atoms with Gasteiger partial charge < -0.3 is 77.7 Å². The summed E-state index contributed by atoms with van der Waals surface area (Å²) >= 11 is 1.53. The van der Waals surface area contributed by atoms with Crippen LogP contribution in [0, 0.1) is 43.9 Å². The molecule has 16 rings (SSSR count). The summed E-state index contributed by atoms with van der Waals surface area (Å²) in [5, 5.41) is 68.3. The Morgan fingerprint density at radius 1 is 0.603 bits per heavy atom. The van der Waals surface area contributed by atoms with Gasteiger partial charge in [0.15, 0.2) is 45.6 Å². The molecular formula is C99H97N7O23S2. The third-order valence-corrected chi connectivity index (χ3v) is 25.5. The zero-order chi connectivity index (χ0) is 93.3. The van der Waals surface area contributed by atoms with Gasteiger partial charge in [-0.05, 0) is 219 Å². The van der Waals surface area contributed by atoms with E-state index in [1.165, 1.54) is 43.3 Å². The Kier molecular flexibility index (Phi) is 30.5. The maximum Gasteiger partial charge on any atom is 0.355 e. The number of imidazole rings is 1. The molecule has 0 saturated heterocycles. The fourth-order valence-corrected chi connectivity index (χ4v) is 18.5. The first-order chi connectivity index (χ1) is 63.0. The van der Waals surface area contributed by atoms with Crippen molar-refractivity contribution in [3.63, 3.8) is 0 Å². The topological polar surface area (TPSA) is 433 Å². The molecule has 4 aliphatic rings. The summed E-state index contributed by atoms with van der Waals surface area (Å²) < 4.78 is 76.0. The molecule has 1 aliphatic carbocycles. The number of nitriles is 1. The van der Waals surface area contributed by atoms with Gasteiger partial charge in [0, 0.05) is 53.1 Å². The molecule has 0 radical (unpaired) electrons. The van der Waals surface area contributed by atoms with Crippen molar-refractivity contribution in [2.24, 2.45) is 11.8 Å². The van der Waals surface area contributed by atoms with Gasteiger partial charge in [0.2, 0.25) is 32.3 Å². The van der Waals surface area contributed by atoms with Crippen molar-refractivity contribution in [1.29, 1.82) is 5.26 Å². The molecule has 3 aliphatic heterocycles. The Hall–Kier alpha value is -14.7. The number of methoxy groups -OCH3 is 1. The smallest absolute Gasteiger partial charge is 0.355 e. The average Bonchev–Trinajstić information content (AvgIpc) is 1.59. The second kappa shape index (κ2) is 42.5. The standard InChI is InChI=1S/C28H23NO7.C25H21NO5.C24H30N2O6S.C22H23N3O5S/c1-2-17-12-23-24(36-15-35-23)13-19(17)14-29-22-9-4-3-8-20(22)26(30)21(25(29)28(33)34)11-16-6-5-7-18(10-16)27(31)32;1-16-4-2-3-5-20(16)24(25(27)28)31-22-12-17(8-10-19(22)14-26)6-7-18-9-11-21-23(13-18)30-15-29-21;1-3-4-20-25-23(33-17-7-5-15(6-8-17)10-21(27)28)22(24(29)30)26(20)12-16-11-19-18(9-14(16)2)31-13-32-19;1-14(22(26)27)12-16-8-10-17(11-9-16)18-6-4-5-7-19(18)31(28,29)25-20-21(30-3)24-15(2)13-23-20/h3-10,12-13H,2,11,14-15H2,1H3,(H,31,32)(H,33,34);2-5,8-13,24H,6-7,15H2,1H3,(H,27,28);9,11,15,17H,3-8,10,12-13H2,1-2H3,(H,27,28)(H,29,30);4-11,13-14H,12H2,1-3H3,(H,23,25)(H,26,27)/t;24-;;/m.0../s1. The first kappa shape index (κ1) is 93.9. The predicted molar refractivity (Wildman–Crippen MR) is 486 cm³/mol. The number of fused-ring (bicyclic) bond motifs is 4. The molecule has 7 N–H and O–H groups in total. The number of aryl methyl sites for hydroxylation is 7. The Bertz CT molecular complexity index is 6540. The number of aromatic nitrogens is 5. The molecule has 0 amide bonds. The highest BCUT2D eigenvalue weighted by Gasteiger charge is 2.33. The van der Waals surface area contributed by atoms with Crippen molar-refractivity contribution in [3.8, 4) is 63.3 Å². The first-order valence-electron chi connectivity index (χ1n) is 42.4. The molecule has 0 spiro atoms. The summed E-state index contributed by atoms with van der Waals surface area (Å²) in [7, 11) is -2.60. The lowest BCUT2D eigenvalue weighted by Crippen LogP contribution is -2.25. The van der Waals surface area contributed by atoms with Crippen molar-refractivity contribution in [3.05, 3.63) is 294 Å². The Labute approximate surface area is 759 Å². The number of pyridine rings is 1. The average molecular weight is 1820 g/mol. The molecule has 6 heterocycles. The second-order valence-corrected chi connectivity index (χ2v) is 34.8. The highest BCUT2D eigenvalue weighted by molar-refractivity contribution is 8.00. The van der Waals surface area contributed by atoms with Gasteiger partial charge in [-0.3, -0.25) is 19.1 Å². The van der Waals surface area contributed by atoms with E-state index in [2.05, 4.69) is 27.7 Å². The molecule has 30 nitrogen and oxygen atoms in total. The quantitative estimate of drug-likeness (QED) is 0.0212. The molecule has 131 heavy (non-hydrogen) atoms. The highest BCUT2D eigenvalue weighted by atomic mass is 32.2. The monoisotopic (exact) mass is 1820 g/mol. The zero-order valence-corrected chi connectivity index (χ0v) is 74.5. The van der Waals surface area contributed by atoms with Crippen LogP contribution >= 0.6 is 11.8 Å². The Balaban J connectivity index is 0.000000149. The summed E-state index contributed by atoms with van der Waals surface area (Å²) in [5.74, 6) is -1.09. The SMILES string of the molecule is CCCc1nc(SC2CCC(CC(=O)O)CC2)c(C(=O)O)n1Cc1cc2c(cc1C)OCO2.CCc1cc2c(cc1Cn1c(C(=O)O)c(Cc3cccc(C(=O)O)c3)c(=O)c3ccccc31)OCO2.COc1nc(C)cnc1NS(=O)(=O)c1ccccc1-c1ccc(CC(C)C(=O)O)cc1.Cc1ccccc1[C@H](Oc1cc(CCc2ccc3c(c2)OCO3)ccc1C#N)C(=O)O. The van der Waals surface area contributed by atoms with E-state index in [-0.39, 0.29) is 101 Å². The van der Waals surface area contributed by atoms with E-state index in [4.69, 9.17) is 53.1 Å². The minimum Gasteiger partial charge on any atom is -0.481 e. The van der Waals surface area contributed by atoms with Crippen LogP contribution in [0.5, 0.6) is 46.1 Å². The van der Waals surface area contributed by atoms with E-state index < -0.39 is 57.9 Å². The van der Waals surface area contributed by atoms with Gasteiger partial charge in [0.1, 0.15) is 28.4 Å². The number of para-hydroxylation sites is 1. The number of benzene rings is 9. The van der Waals surface area contributed by atoms with Gasteiger partial charge in [-0.15, -0.1) is 11.8 Å². The van der Waals surface area contributed by atoms with Crippen LogP contribution in [-0.2, 0) is 76.0 Å². The third-order valence-electron chi connectivity index (χ3n) is 22.8. The van der Waals surface area contributed by atoms with Crippen LogP contribution in [0.2, 0.25) is 0 Å². The number of carboxylic acid groups (broad SMARTS) is 6. The number of sulfonamides is 1. The summed E-state index contributed by atoms with van der Waals surface area (Å²) in [6, 6.07) is 54.9. The molecule has 1 saturated carbocycles. The van der Waals surface area contributed by atoms with Crippen molar-refractivity contribution in [2.75, 3.05) is 32.2 Å². The van der Waals surface area contributed by atoms with Crippen LogP contribution < -0.4 is 48.0 Å². The van der Waals surface area contributed by atoms with Crippen LogP contribution in [0.15, 0.2) is 203 Å². The van der Waals surface area contributed by atoms with Gasteiger partial charge >= 0.3 is 35.8 Å². The van der Waals surface area contributed by atoms with Crippen molar-refractivity contribution in [2.45, 2.75) is 153 Å². The Morgan fingerprint density at radius 3 is 1.85 bits per heavy atom. The number of thioether (sulfide) groups is 1. The van der Waals surface area contributed by atoms with Crippen LogP contribution in [0.25, 0.3) is 22.0 Å². The lowest BCUT2D eigenvalue weighted by molar-refractivity contribution is -0.145. The number of anilines is 1. The number of hydrogen-bond acceptors (Lipinski definition) is 22. The van der Waals surface area contributed by atoms with E-state index in [0.717, 1.165) is 100 Å². The highest BCUT2D eigenvalue weighted by Crippen LogP contribution is 2.43. The lowest BCUT2D eigenvalue weighted by Gasteiger charge is -2.26. The number of nitrogens with one attached hydrogen (secondary N) is 1. The summed E-state index contributed by atoms with van der Waals surface area (Å²) in [6.45, 7) is 12.4. The first-order valence-corrected chi connectivity index (χ1v) is 44.7. The van der Waals surface area contributed by atoms with Crippen LogP contribution in [0.4, 0.5) is 5.82 Å². The van der Waals surface area contributed by atoms with Gasteiger partial charge in [-0.2, -0.15) is 5.26 Å². The van der Waals surface area contributed by atoms with Crippen molar-refractivity contribution in [1.82, 2.24) is 24.1 Å². The molecule has 9 aromatic carbocycles. The minimum atomic E-state index is -3.99. The number of rotatable bonds is 31. The number of ether oxygens (including phenoxy) is 8. The molecule has 12 aromatic rings. The third kappa shape index (κ3) is 22.9. The second-order valence-electron chi connectivity index (χ2n) is 31.8. The van der Waals surface area contributed by atoms with E-state index in [9.17, 15) is 67.7 Å². The van der Waals surface area contributed by atoms with Crippen LogP contribution in [-0.4, -0.2) is 132 Å². The minimum absolute atomic E-state index is 0.000842. The summed E-state index contributed by atoms with van der Waals surface area (Å²) in [6.07, 6.45) is 7.98. The number of aromatic carboxylic acids is 3. The van der Waals surface area contributed by atoms with E-state index >= 15 is 0 Å². The lowest BCUT2D eigenvalue weighted by atomic mass is 9.87. The molecule has 2 atom stereocenters. The van der Waals surface area contributed by atoms with Crippen molar-refractivity contribution < 1.29 is 106 Å². The van der Waals surface area contributed by atoms with Gasteiger partial charge in [-0.1, -0.05) is 124 Å². The molecule has 678 valence electrons. The van der Waals surface area contributed by atoms with E-state index in [1.54, 1.807) is 122 Å². The normalized spacial score (nSPS) is 14.2. The maximum absolute atomic E-state index is 13.5. The molecule has 3 aromatic heterocycles. The molecule has 32 heteroatoms. The number of hydrogen-bond donors (Lipinski definition) is 7. The Morgan fingerprint density at radius 2 is 1.21 bits per heavy atom. The maximum atomic E-state index is 13.5. The van der Waals surface area contributed by atoms with Gasteiger partial charge in [0.25, 0.3) is 15.9 Å². The zero-order valence-electron chi connectivity index (χ0n) is 72.9. The molecular weight excluding hydrogens is 1720 g/mol. The van der Waals surface area contributed by atoms with Crippen molar-refractivity contribution >= 4 is 74.3 Å². The molecule has 1 unspecified atom stereocenters. The van der Waals surface area contributed by atoms with Crippen LogP contribution in [0.1, 0.15) is 175 Å². The fraction of sp³-hybridized carbons (Fsp3) is 0.283. The van der Waals surface area contributed by atoms with Crippen LogP contribution in [0.3, 0.4) is 0 Å². The van der Waals surface area contributed by atoms with E-state index in [0.29, 0.717) is 105 Å². The predicted octanol–water partition coefficient (Wildman–Crippen LogP) is 17.2. The number of nitrogens with zero attached hydrogens (tertiary/aromatic N) is 6. The summed E-state index contributed by atoms with van der Waals surface area (Å²) in [4.78, 5) is 97.0.